The summed E-state index contributed by atoms with van der Waals surface area (Å²) in [6.45, 7) is 1.91. The third-order valence-corrected chi connectivity index (χ3v) is 7.67. The summed E-state index contributed by atoms with van der Waals surface area (Å²) >= 11 is 0. The molecule has 41 heavy (non-hydrogen) atoms. The van der Waals surface area contributed by atoms with E-state index in [0.717, 1.165) is 32.2 Å². The van der Waals surface area contributed by atoms with Crippen molar-refractivity contribution in [3.8, 4) is 11.6 Å². The number of carbonyl (C=O) groups is 1. The Hall–Kier alpha value is -3.82. The molecule has 7 nitrogen and oxygen atoms in total. The molecule has 0 bridgehead atoms. The monoisotopic (exact) mass is 609 g/mol. The highest BCUT2D eigenvalue weighted by Gasteiger charge is 2.65. The zero-order valence-corrected chi connectivity index (χ0v) is 22.1. The van der Waals surface area contributed by atoms with Gasteiger partial charge in [0.05, 0.1) is 10.3 Å². The normalized spacial score (nSPS) is 15.0. The van der Waals surface area contributed by atoms with E-state index in [1.54, 1.807) is 0 Å². The number of aromatic nitrogens is 2. The first kappa shape index (κ1) is 30.1. The fraction of sp³-hybridized carbons (Fsp3) is 0.320. The van der Waals surface area contributed by atoms with E-state index >= 15 is 4.39 Å². The zero-order valence-electron chi connectivity index (χ0n) is 21.3. The number of hydrogen-bond donors (Lipinski definition) is 1. The molecule has 1 heterocycles. The molecule has 0 radical (unpaired) electrons. The van der Waals surface area contributed by atoms with Crippen molar-refractivity contribution < 1.29 is 53.1 Å². The Labute approximate surface area is 227 Å². The van der Waals surface area contributed by atoms with E-state index < -0.39 is 92.0 Å². The highest BCUT2D eigenvalue weighted by molar-refractivity contribution is 7.90. The lowest BCUT2D eigenvalue weighted by atomic mass is 9.92. The Kier molecular flexibility index (Phi) is 7.29. The van der Waals surface area contributed by atoms with Crippen molar-refractivity contribution in [1.29, 1.82) is 0 Å². The molecule has 1 aliphatic carbocycles. The molecule has 1 saturated carbocycles. The number of alkyl halides is 6. The number of amides is 1. The average molecular weight is 609 g/mol. The fourth-order valence-corrected chi connectivity index (χ4v) is 4.91. The minimum Gasteiger partial charge on any atom is -0.433 e. The minimum absolute atomic E-state index is 0.159. The summed E-state index contributed by atoms with van der Waals surface area (Å²) in [6, 6.07) is 5.42. The van der Waals surface area contributed by atoms with Gasteiger partial charge in [0, 0.05) is 17.5 Å². The van der Waals surface area contributed by atoms with Crippen molar-refractivity contribution in [2.75, 3.05) is 11.6 Å². The van der Waals surface area contributed by atoms with Gasteiger partial charge < -0.3 is 10.1 Å². The highest BCUT2D eigenvalue weighted by Crippen LogP contribution is 2.60. The lowest BCUT2D eigenvalue weighted by Gasteiger charge is -2.22. The summed E-state index contributed by atoms with van der Waals surface area (Å²) in [5, 5.41) is 8.44. The van der Waals surface area contributed by atoms with Crippen LogP contribution in [0, 0.1) is 25.5 Å². The number of sulfone groups is 1. The number of halogens is 8. The number of ether oxygens (including phenoxy) is 1. The van der Waals surface area contributed by atoms with Crippen LogP contribution in [0.5, 0.6) is 11.6 Å². The van der Waals surface area contributed by atoms with Crippen LogP contribution >= 0.6 is 0 Å². The molecule has 0 spiro atoms. The standard InChI is InChI=1S/C25H19F8N3O4S/c1-11-9-15(23(7-8-23)25(31,32)33)17(26)18(27)19(11)40-22-16(12(2)20(35-36-22)24(28,29)30)21(37)34-13-5-4-6-14(10-13)41(3,38)39/h4-6,9-10H,7-8H2,1-3H3,(H,34,37). The maximum absolute atomic E-state index is 15.1. The molecule has 3 aromatic rings. The van der Waals surface area contributed by atoms with E-state index in [2.05, 4.69) is 15.5 Å². The van der Waals surface area contributed by atoms with Crippen LogP contribution in [-0.2, 0) is 21.4 Å². The van der Waals surface area contributed by atoms with Gasteiger partial charge in [0.15, 0.2) is 27.1 Å². The second-order valence-corrected chi connectivity index (χ2v) is 11.5. The molecule has 1 fully saturated rings. The largest absolute Gasteiger partial charge is 0.435 e. The predicted molar refractivity (Wildman–Crippen MR) is 127 cm³/mol. The van der Waals surface area contributed by atoms with Crippen molar-refractivity contribution in [3.05, 3.63) is 69.9 Å². The first-order chi connectivity index (χ1) is 18.8. The lowest BCUT2D eigenvalue weighted by molar-refractivity contribution is -0.161. The van der Waals surface area contributed by atoms with Crippen LogP contribution in [-0.4, -0.2) is 37.0 Å². The van der Waals surface area contributed by atoms with E-state index in [1.165, 1.54) is 18.2 Å². The van der Waals surface area contributed by atoms with Crippen molar-refractivity contribution in [2.45, 2.75) is 49.4 Å². The topological polar surface area (TPSA) is 98.2 Å². The summed E-state index contributed by atoms with van der Waals surface area (Å²) in [5.74, 6) is -7.10. The predicted octanol–water partition coefficient (Wildman–Crippen LogP) is 6.43. The number of carbonyl (C=O) groups excluding carboxylic acids is 1. The Balaban J connectivity index is 1.81. The molecule has 0 aliphatic heterocycles. The van der Waals surface area contributed by atoms with Gasteiger partial charge in [-0.2, -0.15) is 30.7 Å². The van der Waals surface area contributed by atoms with Crippen molar-refractivity contribution in [2.24, 2.45) is 0 Å². The molecule has 1 amide bonds. The number of nitrogens with zero attached hydrogens (tertiary/aromatic N) is 2. The molecule has 1 aliphatic rings. The van der Waals surface area contributed by atoms with E-state index in [9.17, 15) is 43.9 Å². The Morgan fingerprint density at radius 3 is 2.17 bits per heavy atom. The zero-order chi connectivity index (χ0) is 30.7. The van der Waals surface area contributed by atoms with Crippen LogP contribution < -0.4 is 10.1 Å². The molecule has 1 aromatic heterocycles. The molecular weight excluding hydrogens is 590 g/mol. The molecule has 1 N–H and O–H groups in total. The van der Waals surface area contributed by atoms with Gasteiger partial charge in [-0.1, -0.05) is 6.07 Å². The quantitative estimate of drug-likeness (QED) is 0.324. The smallest absolute Gasteiger partial charge is 0.433 e. The number of hydrogen-bond acceptors (Lipinski definition) is 6. The summed E-state index contributed by atoms with van der Waals surface area (Å²) in [7, 11) is -3.74. The van der Waals surface area contributed by atoms with Crippen LogP contribution in [0.1, 0.15) is 45.6 Å². The van der Waals surface area contributed by atoms with Gasteiger partial charge in [-0.05, 0) is 62.1 Å². The van der Waals surface area contributed by atoms with Gasteiger partial charge >= 0.3 is 12.4 Å². The van der Waals surface area contributed by atoms with E-state index in [1.807, 2.05) is 0 Å². The van der Waals surface area contributed by atoms with Gasteiger partial charge in [0.2, 0.25) is 5.82 Å². The van der Waals surface area contributed by atoms with Crippen molar-refractivity contribution in [1.82, 2.24) is 10.2 Å². The molecule has 220 valence electrons. The molecule has 0 atom stereocenters. The maximum Gasteiger partial charge on any atom is 0.435 e. The number of benzene rings is 2. The van der Waals surface area contributed by atoms with Gasteiger partial charge in [0.25, 0.3) is 11.8 Å². The number of rotatable bonds is 6. The second kappa shape index (κ2) is 9.92. The van der Waals surface area contributed by atoms with Crippen LogP contribution in [0.3, 0.4) is 0 Å². The first-order valence-electron chi connectivity index (χ1n) is 11.6. The maximum atomic E-state index is 15.1. The number of anilines is 1. The third kappa shape index (κ3) is 5.56. The van der Waals surface area contributed by atoms with Crippen LogP contribution in [0.2, 0.25) is 0 Å². The number of nitrogens with one attached hydrogen (secondary N) is 1. The summed E-state index contributed by atoms with van der Waals surface area (Å²) in [6.07, 6.45) is -10.0. The molecule has 0 saturated heterocycles. The average Bonchev–Trinajstić information content (AvgIpc) is 3.65. The van der Waals surface area contributed by atoms with Crippen LogP contribution in [0.4, 0.5) is 40.8 Å². The molecule has 0 unspecified atom stereocenters. The van der Waals surface area contributed by atoms with Crippen LogP contribution in [0.25, 0.3) is 0 Å². The molecule has 4 rings (SSSR count). The summed E-state index contributed by atoms with van der Waals surface area (Å²) < 4.78 is 140. The highest BCUT2D eigenvalue weighted by atomic mass is 32.2. The van der Waals surface area contributed by atoms with Gasteiger partial charge in [0.1, 0.15) is 5.56 Å². The molecular formula is C25H19F8N3O4S. The van der Waals surface area contributed by atoms with Gasteiger partial charge in [-0.15, -0.1) is 10.2 Å². The second-order valence-electron chi connectivity index (χ2n) is 9.49. The van der Waals surface area contributed by atoms with E-state index in [4.69, 9.17) is 4.74 Å². The van der Waals surface area contributed by atoms with Gasteiger partial charge in [-0.3, -0.25) is 4.79 Å². The summed E-state index contributed by atoms with van der Waals surface area (Å²) in [4.78, 5) is 12.9. The van der Waals surface area contributed by atoms with Crippen molar-refractivity contribution in [3.63, 3.8) is 0 Å². The third-order valence-electron chi connectivity index (χ3n) is 6.55. The Morgan fingerprint density at radius 2 is 1.63 bits per heavy atom. The van der Waals surface area contributed by atoms with E-state index in [0.29, 0.717) is 0 Å². The SMILES string of the molecule is Cc1cc(C2(C(F)(F)F)CC2)c(F)c(F)c1Oc1nnc(C(F)(F)F)c(C)c1C(=O)Nc1cccc(S(C)(=O)=O)c1. The molecule has 2 aromatic carbocycles. The first-order valence-corrected chi connectivity index (χ1v) is 13.5. The Bertz CT molecular complexity index is 1670. The molecule has 16 heteroatoms. The van der Waals surface area contributed by atoms with Crippen LogP contribution in [0.15, 0.2) is 35.2 Å². The summed E-state index contributed by atoms with van der Waals surface area (Å²) in [5.41, 5.74) is -7.42. The van der Waals surface area contributed by atoms with Gasteiger partial charge in [-0.25, -0.2) is 12.8 Å². The lowest BCUT2D eigenvalue weighted by Crippen LogP contribution is -2.30. The fourth-order valence-electron chi connectivity index (χ4n) is 4.24. The Morgan fingerprint density at radius 1 is 1.00 bits per heavy atom. The number of aryl methyl sites for hydroxylation is 1. The minimum atomic E-state index is -5.11. The van der Waals surface area contributed by atoms with E-state index in [-0.39, 0.29) is 16.1 Å². The van der Waals surface area contributed by atoms with Crippen molar-refractivity contribution >= 4 is 21.4 Å².